The molecule has 1 heterocycles. The van der Waals surface area contributed by atoms with Gasteiger partial charge in [-0.05, 0) is 28.1 Å². The number of oxazole rings is 1. The van der Waals surface area contributed by atoms with Crippen LogP contribution in [0.1, 0.15) is 5.89 Å². The highest BCUT2D eigenvalue weighted by molar-refractivity contribution is 9.10. The number of benzene rings is 1. The predicted octanol–water partition coefficient (Wildman–Crippen LogP) is 3.47. The molecule has 0 unspecified atom stereocenters. The third-order valence-corrected chi connectivity index (χ3v) is 2.58. The molecule has 0 aliphatic heterocycles. The van der Waals surface area contributed by atoms with Crippen molar-refractivity contribution >= 4 is 38.6 Å². The minimum absolute atomic E-state index is 0.183. The van der Waals surface area contributed by atoms with Crippen molar-refractivity contribution in [2.45, 2.75) is 5.88 Å². The summed E-state index contributed by atoms with van der Waals surface area (Å²) in [6, 6.07) is 2.88. The van der Waals surface area contributed by atoms with E-state index in [9.17, 15) is 4.39 Å². The Bertz CT molecular complexity index is 457. The summed E-state index contributed by atoms with van der Waals surface area (Å²) < 4.78 is 18.5. The summed E-state index contributed by atoms with van der Waals surface area (Å²) in [4.78, 5) is 4.04. The first-order valence-corrected chi connectivity index (χ1v) is 4.84. The van der Waals surface area contributed by atoms with Crippen molar-refractivity contribution in [1.82, 2.24) is 4.98 Å². The van der Waals surface area contributed by atoms with E-state index in [4.69, 9.17) is 16.0 Å². The molecule has 0 N–H and O–H groups in total. The first-order chi connectivity index (χ1) is 6.22. The van der Waals surface area contributed by atoms with Crippen LogP contribution in [0, 0.1) is 5.82 Å². The smallest absolute Gasteiger partial charge is 0.210 e. The molecule has 0 radical (unpaired) electrons. The van der Waals surface area contributed by atoms with Crippen LogP contribution in [0.4, 0.5) is 4.39 Å². The fourth-order valence-corrected chi connectivity index (χ4v) is 1.57. The molecule has 0 bridgehead atoms. The first-order valence-electron chi connectivity index (χ1n) is 3.51. The lowest BCUT2D eigenvalue weighted by Gasteiger charge is -1.91. The zero-order chi connectivity index (χ0) is 9.42. The topological polar surface area (TPSA) is 26.0 Å². The van der Waals surface area contributed by atoms with Crippen molar-refractivity contribution in [3.8, 4) is 0 Å². The molecule has 2 nitrogen and oxygen atoms in total. The van der Waals surface area contributed by atoms with Crippen LogP contribution in [0.5, 0.6) is 0 Å². The summed E-state index contributed by atoms with van der Waals surface area (Å²) in [6.45, 7) is 0. The van der Waals surface area contributed by atoms with Gasteiger partial charge in [0, 0.05) is 0 Å². The molecular formula is C8H4BrClFNO. The van der Waals surface area contributed by atoms with Gasteiger partial charge in [-0.25, -0.2) is 9.37 Å². The molecule has 0 amide bonds. The van der Waals surface area contributed by atoms with E-state index in [1.165, 1.54) is 6.07 Å². The van der Waals surface area contributed by atoms with Crippen LogP contribution in [0.15, 0.2) is 21.0 Å². The van der Waals surface area contributed by atoms with Gasteiger partial charge >= 0.3 is 0 Å². The molecule has 0 aliphatic rings. The fraction of sp³-hybridized carbons (Fsp3) is 0.125. The molecule has 1 aromatic heterocycles. The largest absolute Gasteiger partial charge is 0.438 e. The van der Waals surface area contributed by atoms with Crippen LogP contribution < -0.4 is 0 Å². The lowest BCUT2D eigenvalue weighted by molar-refractivity contribution is 0.547. The Morgan fingerprint density at radius 3 is 3.00 bits per heavy atom. The average molecular weight is 264 g/mol. The third-order valence-electron chi connectivity index (χ3n) is 1.61. The van der Waals surface area contributed by atoms with Crippen molar-refractivity contribution in [3.63, 3.8) is 0 Å². The Morgan fingerprint density at radius 1 is 1.54 bits per heavy atom. The van der Waals surface area contributed by atoms with Gasteiger partial charge in [-0.15, -0.1) is 11.6 Å². The van der Waals surface area contributed by atoms with E-state index in [1.54, 1.807) is 6.07 Å². The number of hydrogen-bond donors (Lipinski definition) is 0. The number of aromatic nitrogens is 1. The molecule has 2 aromatic rings. The minimum Gasteiger partial charge on any atom is -0.438 e. The van der Waals surface area contributed by atoms with E-state index in [0.717, 1.165) is 0 Å². The van der Waals surface area contributed by atoms with Crippen LogP contribution in [-0.4, -0.2) is 4.98 Å². The zero-order valence-electron chi connectivity index (χ0n) is 6.35. The summed E-state index contributed by atoms with van der Waals surface area (Å²) in [5, 5.41) is 0. The van der Waals surface area contributed by atoms with Gasteiger partial charge in [0.2, 0.25) is 5.89 Å². The Labute approximate surface area is 86.8 Å². The van der Waals surface area contributed by atoms with Gasteiger partial charge in [0.25, 0.3) is 0 Å². The number of alkyl halides is 1. The van der Waals surface area contributed by atoms with Crippen molar-refractivity contribution in [2.75, 3.05) is 0 Å². The van der Waals surface area contributed by atoms with E-state index < -0.39 is 0 Å². The maximum Gasteiger partial charge on any atom is 0.210 e. The van der Waals surface area contributed by atoms with Crippen LogP contribution in [0.3, 0.4) is 0 Å². The van der Waals surface area contributed by atoms with Crippen molar-refractivity contribution in [1.29, 1.82) is 0 Å². The molecule has 0 aliphatic carbocycles. The van der Waals surface area contributed by atoms with Crippen molar-refractivity contribution in [2.24, 2.45) is 0 Å². The fourth-order valence-electron chi connectivity index (χ4n) is 1.04. The van der Waals surface area contributed by atoms with Crippen LogP contribution in [0.25, 0.3) is 11.1 Å². The molecule has 1 aromatic carbocycles. The number of fused-ring (bicyclic) bond motifs is 1. The molecule has 68 valence electrons. The summed E-state index contributed by atoms with van der Waals surface area (Å²) in [5.41, 5.74) is 1.000. The van der Waals surface area contributed by atoms with Gasteiger partial charge in [-0.2, -0.15) is 0 Å². The van der Waals surface area contributed by atoms with Crippen LogP contribution in [0.2, 0.25) is 0 Å². The maximum atomic E-state index is 13.0. The minimum atomic E-state index is -0.371. The number of rotatable bonds is 1. The molecule has 0 saturated carbocycles. The second kappa shape index (κ2) is 3.27. The van der Waals surface area contributed by atoms with Gasteiger partial charge in [-0.3, -0.25) is 0 Å². The van der Waals surface area contributed by atoms with Gasteiger partial charge in [0.15, 0.2) is 5.58 Å². The monoisotopic (exact) mass is 263 g/mol. The van der Waals surface area contributed by atoms with Crippen LogP contribution in [-0.2, 0) is 5.88 Å². The first kappa shape index (κ1) is 8.97. The normalized spacial score (nSPS) is 11.0. The highest BCUT2D eigenvalue weighted by atomic mass is 79.9. The van der Waals surface area contributed by atoms with Gasteiger partial charge in [0.1, 0.15) is 11.3 Å². The number of hydrogen-bond acceptors (Lipinski definition) is 2. The van der Waals surface area contributed by atoms with Gasteiger partial charge in [-0.1, -0.05) is 0 Å². The van der Waals surface area contributed by atoms with E-state index in [1.807, 2.05) is 0 Å². The maximum absolute atomic E-state index is 13.0. The quantitative estimate of drug-likeness (QED) is 0.737. The second-order valence-electron chi connectivity index (χ2n) is 2.45. The zero-order valence-corrected chi connectivity index (χ0v) is 8.69. The van der Waals surface area contributed by atoms with E-state index >= 15 is 0 Å². The average Bonchev–Trinajstić information content (AvgIpc) is 2.55. The lowest BCUT2D eigenvalue weighted by atomic mass is 10.3. The lowest BCUT2D eigenvalue weighted by Crippen LogP contribution is -1.76. The molecular weight excluding hydrogens is 260 g/mol. The van der Waals surface area contributed by atoms with Crippen molar-refractivity contribution < 1.29 is 8.81 Å². The van der Waals surface area contributed by atoms with Crippen LogP contribution >= 0.6 is 27.5 Å². The Morgan fingerprint density at radius 2 is 2.31 bits per heavy atom. The van der Waals surface area contributed by atoms with E-state index in [-0.39, 0.29) is 16.2 Å². The highest BCUT2D eigenvalue weighted by Gasteiger charge is 2.11. The summed E-state index contributed by atoms with van der Waals surface area (Å²) in [7, 11) is 0. The molecule has 0 spiro atoms. The highest BCUT2D eigenvalue weighted by Crippen LogP contribution is 2.27. The van der Waals surface area contributed by atoms with Gasteiger partial charge < -0.3 is 4.42 Å². The Kier molecular flexibility index (Phi) is 2.26. The third kappa shape index (κ3) is 1.44. The number of nitrogens with zero attached hydrogens (tertiary/aromatic N) is 1. The number of halogens is 3. The molecule has 2 rings (SSSR count). The Hall–Kier alpha value is -0.610. The summed E-state index contributed by atoms with van der Waals surface area (Å²) >= 11 is 8.60. The van der Waals surface area contributed by atoms with E-state index in [0.29, 0.717) is 17.0 Å². The summed E-state index contributed by atoms with van der Waals surface area (Å²) in [6.07, 6.45) is 0. The predicted molar refractivity (Wildman–Crippen MR) is 51.2 cm³/mol. The van der Waals surface area contributed by atoms with Crippen molar-refractivity contribution in [3.05, 3.63) is 28.3 Å². The van der Waals surface area contributed by atoms with Gasteiger partial charge in [0.05, 0.1) is 10.4 Å². The Balaban J connectivity index is 2.76. The molecule has 0 atom stereocenters. The van der Waals surface area contributed by atoms with E-state index in [2.05, 4.69) is 20.9 Å². The second-order valence-corrected chi connectivity index (χ2v) is 3.51. The SMILES string of the molecule is Fc1ccc2nc(CCl)oc2c1Br. The molecule has 13 heavy (non-hydrogen) atoms. The summed E-state index contributed by atoms with van der Waals surface area (Å²) in [5.74, 6) is 0.204. The molecule has 0 saturated heterocycles. The molecule has 5 heteroatoms. The standard InChI is InChI=1S/C8H4BrClFNO/c9-7-4(11)1-2-5-8(7)13-6(3-10)12-5/h1-2H,3H2. The molecule has 0 fully saturated rings.